The zero-order chi connectivity index (χ0) is 20.4. The van der Waals surface area contributed by atoms with Gasteiger partial charge in [-0.2, -0.15) is 0 Å². The van der Waals surface area contributed by atoms with Gasteiger partial charge in [-0.3, -0.25) is 4.79 Å². The van der Waals surface area contributed by atoms with Crippen molar-refractivity contribution in [2.45, 2.75) is 12.5 Å². The molecule has 0 saturated carbocycles. The first-order valence-electron chi connectivity index (χ1n) is 8.13. The van der Waals surface area contributed by atoms with Gasteiger partial charge in [-0.15, -0.1) is 0 Å². The fraction of sp³-hybridized carbons (Fsp3) is 0.158. The van der Waals surface area contributed by atoms with E-state index in [0.717, 1.165) is 0 Å². The number of nitrogens with one attached hydrogen (secondary N) is 1. The number of carbonyl (C=O) groups is 1. The summed E-state index contributed by atoms with van der Waals surface area (Å²) in [6.07, 6.45) is 2.11. The second-order valence-electron chi connectivity index (χ2n) is 6.03. The molecule has 146 valence electrons. The average molecular weight is 395 g/mol. The van der Waals surface area contributed by atoms with Gasteiger partial charge in [0.25, 0.3) is 0 Å². The number of nitrogens with zero attached hydrogens (tertiary/aromatic N) is 2. The van der Waals surface area contributed by atoms with Gasteiger partial charge in [0.15, 0.2) is 23.3 Å². The van der Waals surface area contributed by atoms with Crippen LogP contribution >= 0.6 is 0 Å². The molecule has 9 heteroatoms. The van der Waals surface area contributed by atoms with Gasteiger partial charge in [0.1, 0.15) is 11.9 Å². The summed E-state index contributed by atoms with van der Waals surface area (Å²) in [6, 6.07) is 7.84. The van der Waals surface area contributed by atoms with Gasteiger partial charge in [-0.25, -0.2) is 26.9 Å². The number of imidazole rings is 1. The van der Waals surface area contributed by atoms with Gasteiger partial charge in [0, 0.05) is 25.0 Å². The number of halogens is 5. The first kappa shape index (κ1) is 19.5. The molecule has 3 aromatic rings. The molecular formula is C19H14F5N3O. The molecule has 1 aromatic heterocycles. The lowest BCUT2D eigenvalue weighted by Crippen LogP contribution is -2.32. The summed E-state index contributed by atoms with van der Waals surface area (Å²) in [6.45, 7) is 0. The second kappa shape index (κ2) is 7.79. The minimum absolute atomic E-state index is 0.428. The van der Waals surface area contributed by atoms with E-state index in [-0.39, 0.29) is 0 Å². The van der Waals surface area contributed by atoms with Crippen LogP contribution in [0.1, 0.15) is 23.0 Å². The molecule has 1 heterocycles. The third-order valence-electron chi connectivity index (χ3n) is 4.19. The Morgan fingerprint density at radius 2 is 1.57 bits per heavy atom. The summed E-state index contributed by atoms with van der Waals surface area (Å²) in [5, 5.41) is 2.54. The first-order chi connectivity index (χ1) is 13.3. The Morgan fingerprint density at radius 1 is 1.00 bits per heavy atom. The van der Waals surface area contributed by atoms with Crippen LogP contribution in [0, 0.1) is 29.1 Å². The third-order valence-corrected chi connectivity index (χ3v) is 4.19. The number of carbonyl (C=O) groups excluding carboxylic acids is 1. The van der Waals surface area contributed by atoms with Crippen molar-refractivity contribution in [2.24, 2.45) is 7.05 Å². The highest BCUT2D eigenvalue weighted by Gasteiger charge is 2.28. The lowest BCUT2D eigenvalue weighted by Gasteiger charge is -2.19. The predicted molar refractivity (Wildman–Crippen MR) is 89.6 cm³/mol. The number of amides is 1. The average Bonchev–Trinajstić information content (AvgIpc) is 3.12. The molecule has 4 nitrogen and oxygen atoms in total. The number of rotatable bonds is 5. The Kier molecular flexibility index (Phi) is 5.43. The Morgan fingerprint density at radius 3 is 2.11 bits per heavy atom. The summed E-state index contributed by atoms with van der Waals surface area (Å²) >= 11 is 0. The molecule has 0 fully saturated rings. The highest BCUT2D eigenvalue weighted by molar-refractivity contribution is 5.79. The van der Waals surface area contributed by atoms with Crippen LogP contribution in [0.3, 0.4) is 0 Å². The van der Waals surface area contributed by atoms with Crippen LogP contribution < -0.4 is 5.32 Å². The lowest BCUT2D eigenvalue weighted by atomic mass is 10.0. The second-order valence-corrected chi connectivity index (χ2v) is 6.03. The quantitative estimate of drug-likeness (QED) is 0.408. The monoisotopic (exact) mass is 395 g/mol. The fourth-order valence-corrected chi connectivity index (χ4v) is 2.78. The van der Waals surface area contributed by atoms with Crippen molar-refractivity contribution in [1.82, 2.24) is 14.9 Å². The fourth-order valence-electron chi connectivity index (χ4n) is 2.78. The molecule has 0 aliphatic heterocycles. The van der Waals surface area contributed by atoms with Crippen LogP contribution in [-0.2, 0) is 18.3 Å². The van der Waals surface area contributed by atoms with E-state index in [9.17, 15) is 26.7 Å². The van der Waals surface area contributed by atoms with Crippen LogP contribution in [0.2, 0.25) is 0 Å². The maximum atomic E-state index is 13.8. The van der Waals surface area contributed by atoms with E-state index in [1.165, 1.54) is 6.20 Å². The first-order valence-corrected chi connectivity index (χ1v) is 8.13. The van der Waals surface area contributed by atoms with E-state index in [4.69, 9.17) is 0 Å². The molecule has 1 unspecified atom stereocenters. The SMILES string of the molecule is Cn1ccnc1C(NC(=O)Cc1c(F)c(F)c(F)c(F)c1F)c1ccccc1. The largest absolute Gasteiger partial charge is 0.342 e. The molecular weight excluding hydrogens is 381 g/mol. The lowest BCUT2D eigenvalue weighted by molar-refractivity contribution is -0.121. The van der Waals surface area contributed by atoms with Crippen LogP contribution in [0.15, 0.2) is 42.7 Å². The van der Waals surface area contributed by atoms with Gasteiger partial charge in [-0.05, 0) is 5.56 Å². The Balaban J connectivity index is 1.92. The molecule has 0 aliphatic carbocycles. The zero-order valence-corrected chi connectivity index (χ0v) is 14.5. The molecule has 1 atom stereocenters. The summed E-state index contributed by atoms with van der Waals surface area (Å²) in [5.41, 5.74) is -0.567. The molecule has 28 heavy (non-hydrogen) atoms. The van der Waals surface area contributed by atoms with E-state index in [1.54, 1.807) is 48.1 Å². The van der Waals surface area contributed by atoms with Crippen LogP contribution in [0.25, 0.3) is 0 Å². The Labute approximate surface area is 156 Å². The summed E-state index contributed by atoms with van der Waals surface area (Å²) in [4.78, 5) is 16.6. The summed E-state index contributed by atoms with van der Waals surface area (Å²) in [7, 11) is 1.69. The number of hydrogen-bond acceptors (Lipinski definition) is 2. The molecule has 3 rings (SSSR count). The van der Waals surface area contributed by atoms with E-state index in [1.807, 2.05) is 0 Å². The van der Waals surface area contributed by atoms with Crippen molar-refractivity contribution in [2.75, 3.05) is 0 Å². The minimum atomic E-state index is -2.27. The van der Waals surface area contributed by atoms with Gasteiger partial charge >= 0.3 is 0 Å². The molecule has 0 radical (unpaired) electrons. The molecule has 2 aromatic carbocycles. The Bertz CT molecular complexity index is 991. The third kappa shape index (κ3) is 3.60. The summed E-state index contributed by atoms with van der Waals surface area (Å²) in [5.74, 6) is -11.0. The van der Waals surface area contributed by atoms with Gasteiger partial charge in [0.05, 0.1) is 6.42 Å². The molecule has 1 amide bonds. The van der Waals surface area contributed by atoms with Crippen LogP contribution in [0.5, 0.6) is 0 Å². The highest BCUT2D eigenvalue weighted by Crippen LogP contribution is 2.24. The normalized spacial score (nSPS) is 12.1. The number of aromatic nitrogens is 2. The molecule has 0 saturated heterocycles. The number of hydrogen-bond donors (Lipinski definition) is 1. The predicted octanol–water partition coefficient (Wildman–Crippen LogP) is 3.56. The van der Waals surface area contributed by atoms with Crippen molar-refractivity contribution in [3.05, 3.63) is 88.8 Å². The van der Waals surface area contributed by atoms with Gasteiger partial charge in [-0.1, -0.05) is 30.3 Å². The van der Waals surface area contributed by atoms with Crippen molar-refractivity contribution < 1.29 is 26.7 Å². The van der Waals surface area contributed by atoms with Crippen molar-refractivity contribution in [1.29, 1.82) is 0 Å². The molecule has 0 spiro atoms. The van der Waals surface area contributed by atoms with Crippen LogP contribution in [-0.4, -0.2) is 15.5 Å². The molecule has 0 aliphatic rings. The topological polar surface area (TPSA) is 46.9 Å². The Hall–Kier alpha value is -3.23. The van der Waals surface area contributed by atoms with Crippen molar-refractivity contribution >= 4 is 5.91 Å². The van der Waals surface area contributed by atoms with Gasteiger partial charge < -0.3 is 9.88 Å². The van der Waals surface area contributed by atoms with Crippen molar-refractivity contribution in [3.63, 3.8) is 0 Å². The number of benzene rings is 2. The number of aryl methyl sites for hydroxylation is 1. The van der Waals surface area contributed by atoms with E-state index in [0.29, 0.717) is 11.4 Å². The molecule has 1 N–H and O–H groups in total. The highest BCUT2D eigenvalue weighted by atomic mass is 19.2. The minimum Gasteiger partial charge on any atom is -0.342 e. The van der Waals surface area contributed by atoms with Gasteiger partial charge in [0.2, 0.25) is 11.7 Å². The zero-order valence-electron chi connectivity index (χ0n) is 14.5. The van der Waals surface area contributed by atoms with Crippen LogP contribution in [0.4, 0.5) is 22.0 Å². The molecule has 0 bridgehead atoms. The van der Waals surface area contributed by atoms with E-state index >= 15 is 0 Å². The van der Waals surface area contributed by atoms with E-state index in [2.05, 4.69) is 10.3 Å². The standard InChI is InChI=1S/C19H14F5N3O/c1-27-8-7-25-19(27)18(10-5-3-2-4-6-10)26-12(28)9-11-13(20)15(22)17(24)16(23)14(11)21/h2-8,18H,9H2,1H3,(H,26,28). The maximum Gasteiger partial charge on any atom is 0.225 e. The van der Waals surface area contributed by atoms with Crippen molar-refractivity contribution in [3.8, 4) is 0 Å². The summed E-state index contributed by atoms with van der Waals surface area (Å²) < 4.78 is 69.2. The van der Waals surface area contributed by atoms with E-state index < -0.39 is 53.0 Å². The maximum absolute atomic E-state index is 13.8. The smallest absolute Gasteiger partial charge is 0.225 e.